The summed E-state index contributed by atoms with van der Waals surface area (Å²) in [6.45, 7) is 5.52. The number of halogens is 2. The van der Waals surface area contributed by atoms with Crippen LogP contribution >= 0.6 is 23.2 Å². The number of hydrogen-bond acceptors (Lipinski definition) is 2. The van der Waals surface area contributed by atoms with Crippen molar-refractivity contribution in [2.45, 2.75) is 38.8 Å². The lowest BCUT2D eigenvalue weighted by molar-refractivity contribution is 0.0504. The summed E-state index contributed by atoms with van der Waals surface area (Å²) in [6.07, 6.45) is 4.13. The second-order valence-corrected chi connectivity index (χ2v) is 7.74. The predicted octanol–water partition coefficient (Wildman–Crippen LogP) is 6.66. The first kappa shape index (κ1) is 20.3. The van der Waals surface area contributed by atoms with E-state index in [2.05, 4.69) is 5.32 Å². The van der Waals surface area contributed by atoms with Gasteiger partial charge in [0.25, 0.3) is 0 Å². The van der Waals surface area contributed by atoms with Crippen LogP contribution in [0.1, 0.15) is 44.4 Å². The van der Waals surface area contributed by atoms with Crippen LogP contribution in [0.15, 0.2) is 54.6 Å². The molecule has 26 heavy (non-hydrogen) atoms. The number of rotatable bonds is 5. The van der Waals surface area contributed by atoms with Crippen LogP contribution in [0.4, 0.5) is 4.79 Å². The van der Waals surface area contributed by atoms with Gasteiger partial charge in [0.05, 0.1) is 16.1 Å². The molecule has 138 valence electrons. The largest absolute Gasteiger partial charge is 0.444 e. The van der Waals surface area contributed by atoms with E-state index in [0.29, 0.717) is 16.5 Å². The van der Waals surface area contributed by atoms with Crippen molar-refractivity contribution in [1.82, 2.24) is 5.32 Å². The van der Waals surface area contributed by atoms with Gasteiger partial charge in [-0.2, -0.15) is 0 Å². The number of carbonyl (C=O) groups is 1. The van der Waals surface area contributed by atoms with E-state index in [4.69, 9.17) is 27.9 Å². The first-order valence-electron chi connectivity index (χ1n) is 8.40. The molecule has 0 radical (unpaired) electrons. The molecule has 0 aliphatic rings. The second kappa shape index (κ2) is 9.11. The van der Waals surface area contributed by atoms with E-state index in [1.165, 1.54) is 0 Å². The van der Waals surface area contributed by atoms with Crippen LogP contribution in [0.5, 0.6) is 0 Å². The van der Waals surface area contributed by atoms with E-state index >= 15 is 0 Å². The highest BCUT2D eigenvalue weighted by atomic mass is 35.5. The number of carbonyl (C=O) groups excluding carboxylic acids is 1. The standard InChI is InChI=1S/C21H23Cl2NO2/c1-21(2,3)26-20(25)24-19(16-9-5-4-6-10-16)11-7-8-15-12-13-17(22)18(23)14-15/h4-10,12-14,19H,11H2,1-3H3,(H,24,25)/b8-7+/t19-/m1/s1. The van der Waals surface area contributed by atoms with E-state index in [1.807, 2.05) is 69.3 Å². The topological polar surface area (TPSA) is 38.3 Å². The molecule has 1 atom stereocenters. The second-order valence-electron chi connectivity index (χ2n) is 6.92. The zero-order valence-corrected chi connectivity index (χ0v) is 16.6. The summed E-state index contributed by atoms with van der Waals surface area (Å²) < 4.78 is 5.38. The Morgan fingerprint density at radius 1 is 1.12 bits per heavy atom. The zero-order valence-electron chi connectivity index (χ0n) is 15.1. The maximum Gasteiger partial charge on any atom is 0.408 e. The molecule has 2 rings (SSSR count). The van der Waals surface area contributed by atoms with Crippen LogP contribution in [0.2, 0.25) is 10.0 Å². The van der Waals surface area contributed by atoms with Crippen molar-refractivity contribution in [3.63, 3.8) is 0 Å². The van der Waals surface area contributed by atoms with E-state index in [-0.39, 0.29) is 6.04 Å². The lowest BCUT2D eigenvalue weighted by atomic mass is 10.0. The molecule has 0 aliphatic carbocycles. The van der Waals surface area contributed by atoms with Gasteiger partial charge in [-0.05, 0) is 50.5 Å². The monoisotopic (exact) mass is 391 g/mol. The Bertz CT molecular complexity index is 767. The maximum absolute atomic E-state index is 12.2. The number of alkyl carbamates (subject to hydrolysis) is 1. The highest BCUT2D eigenvalue weighted by Crippen LogP contribution is 2.24. The number of benzene rings is 2. The minimum atomic E-state index is -0.540. The summed E-state index contributed by atoms with van der Waals surface area (Å²) in [6, 6.07) is 15.1. The van der Waals surface area contributed by atoms with Gasteiger partial charge in [0.2, 0.25) is 0 Å². The van der Waals surface area contributed by atoms with Crippen LogP contribution < -0.4 is 5.32 Å². The van der Waals surface area contributed by atoms with Crippen LogP contribution in [0.25, 0.3) is 6.08 Å². The van der Waals surface area contributed by atoms with Crippen molar-refractivity contribution in [2.75, 3.05) is 0 Å². The molecule has 0 unspecified atom stereocenters. The summed E-state index contributed by atoms with van der Waals surface area (Å²) in [7, 11) is 0. The highest BCUT2D eigenvalue weighted by molar-refractivity contribution is 6.42. The zero-order chi connectivity index (χ0) is 19.2. The van der Waals surface area contributed by atoms with Gasteiger partial charge < -0.3 is 10.1 Å². The molecule has 0 saturated carbocycles. The van der Waals surface area contributed by atoms with Gasteiger partial charge in [0, 0.05) is 0 Å². The molecule has 0 aliphatic heterocycles. The molecule has 0 spiro atoms. The lowest BCUT2D eigenvalue weighted by Crippen LogP contribution is -2.34. The molecule has 0 bridgehead atoms. The third-order valence-electron chi connectivity index (χ3n) is 3.52. The van der Waals surface area contributed by atoms with Crippen LogP contribution in [0, 0.1) is 0 Å². The molecular formula is C21H23Cl2NO2. The molecule has 2 aromatic carbocycles. The number of ether oxygens (including phenoxy) is 1. The minimum Gasteiger partial charge on any atom is -0.444 e. The van der Waals surface area contributed by atoms with Gasteiger partial charge in [-0.15, -0.1) is 0 Å². The molecular weight excluding hydrogens is 369 g/mol. The fourth-order valence-electron chi connectivity index (χ4n) is 2.37. The third-order valence-corrected chi connectivity index (χ3v) is 4.26. The van der Waals surface area contributed by atoms with Crippen LogP contribution in [0.3, 0.4) is 0 Å². The van der Waals surface area contributed by atoms with Crippen molar-refractivity contribution in [3.8, 4) is 0 Å². The van der Waals surface area contributed by atoms with Crippen molar-refractivity contribution < 1.29 is 9.53 Å². The number of amides is 1. The smallest absolute Gasteiger partial charge is 0.408 e. The molecule has 3 nitrogen and oxygen atoms in total. The maximum atomic E-state index is 12.2. The van der Waals surface area contributed by atoms with Gasteiger partial charge >= 0.3 is 6.09 Å². The summed E-state index contributed by atoms with van der Waals surface area (Å²) >= 11 is 12.0. The Morgan fingerprint density at radius 3 is 2.42 bits per heavy atom. The molecule has 0 fully saturated rings. The van der Waals surface area contributed by atoms with E-state index in [0.717, 1.165) is 11.1 Å². The average Bonchev–Trinajstić information content (AvgIpc) is 2.56. The molecule has 0 heterocycles. The molecule has 0 saturated heterocycles. The Hall–Kier alpha value is -1.97. The molecule has 2 aromatic rings. The Labute approximate surface area is 165 Å². The van der Waals surface area contributed by atoms with E-state index in [9.17, 15) is 4.79 Å². The third kappa shape index (κ3) is 6.74. The van der Waals surface area contributed by atoms with Gasteiger partial charge in [0.15, 0.2) is 0 Å². The van der Waals surface area contributed by atoms with Crippen molar-refractivity contribution in [3.05, 3.63) is 75.8 Å². The Balaban J connectivity index is 2.10. The quantitative estimate of drug-likeness (QED) is 0.618. The van der Waals surface area contributed by atoms with Crippen molar-refractivity contribution in [1.29, 1.82) is 0 Å². The average molecular weight is 392 g/mol. The lowest BCUT2D eigenvalue weighted by Gasteiger charge is -2.23. The van der Waals surface area contributed by atoms with Gasteiger partial charge in [-0.25, -0.2) is 4.79 Å². The summed E-state index contributed by atoms with van der Waals surface area (Å²) in [5.41, 5.74) is 1.42. The normalized spacial score (nSPS) is 12.8. The highest BCUT2D eigenvalue weighted by Gasteiger charge is 2.19. The Morgan fingerprint density at radius 2 is 1.81 bits per heavy atom. The van der Waals surface area contributed by atoms with Crippen LogP contribution in [-0.2, 0) is 4.74 Å². The molecule has 0 aromatic heterocycles. The van der Waals surface area contributed by atoms with E-state index < -0.39 is 11.7 Å². The van der Waals surface area contributed by atoms with Crippen molar-refractivity contribution in [2.24, 2.45) is 0 Å². The molecule has 1 N–H and O–H groups in total. The molecule has 5 heteroatoms. The fourth-order valence-corrected chi connectivity index (χ4v) is 2.68. The van der Waals surface area contributed by atoms with E-state index in [1.54, 1.807) is 12.1 Å². The molecule has 1 amide bonds. The predicted molar refractivity (Wildman–Crippen MR) is 109 cm³/mol. The Kier molecular flexibility index (Phi) is 7.13. The van der Waals surface area contributed by atoms with Gasteiger partial charge in [-0.1, -0.05) is 71.8 Å². The first-order valence-corrected chi connectivity index (χ1v) is 9.16. The first-order chi connectivity index (χ1) is 12.2. The van der Waals surface area contributed by atoms with Gasteiger partial charge in [-0.3, -0.25) is 0 Å². The number of hydrogen-bond donors (Lipinski definition) is 1. The van der Waals surface area contributed by atoms with Crippen molar-refractivity contribution >= 4 is 35.4 Å². The van der Waals surface area contributed by atoms with Crippen LogP contribution in [-0.4, -0.2) is 11.7 Å². The summed E-state index contributed by atoms with van der Waals surface area (Å²) in [5.74, 6) is 0. The minimum absolute atomic E-state index is 0.190. The summed E-state index contributed by atoms with van der Waals surface area (Å²) in [5, 5.41) is 3.98. The SMILES string of the molecule is CC(C)(C)OC(=O)N[C@H](C/C=C/c1ccc(Cl)c(Cl)c1)c1ccccc1. The summed E-state index contributed by atoms with van der Waals surface area (Å²) in [4.78, 5) is 12.2. The van der Waals surface area contributed by atoms with Gasteiger partial charge in [0.1, 0.15) is 5.60 Å². The number of nitrogens with one attached hydrogen (secondary N) is 1. The fraction of sp³-hybridized carbons (Fsp3) is 0.286.